The topological polar surface area (TPSA) is 175 Å². The van der Waals surface area contributed by atoms with Gasteiger partial charge in [0.05, 0.1) is 25.4 Å². The number of carbonyl (C=O) groups is 2. The maximum atomic E-state index is 13.5. The summed E-state index contributed by atoms with van der Waals surface area (Å²) < 4.78 is 17.6. The zero-order valence-electron chi connectivity index (χ0n) is 53.8. The third-order valence-electron chi connectivity index (χ3n) is 16.4. The van der Waals surface area contributed by atoms with Crippen LogP contribution in [0.5, 0.6) is 0 Å². The van der Waals surface area contributed by atoms with E-state index in [1.165, 1.54) is 193 Å². The van der Waals surface area contributed by atoms with Gasteiger partial charge in [-0.3, -0.25) is 9.59 Å². The van der Waals surface area contributed by atoms with Gasteiger partial charge in [0.1, 0.15) is 24.4 Å². The first-order valence-corrected chi connectivity index (χ1v) is 35.1. The summed E-state index contributed by atoms with van der Waals surface area (Å²) in [6.45, 7) is 5.77. The van der Waals surface area contributed by atoms with Gasteiger partial charge in [0.2, 0.25) is 5.91 Å². The lowest BCUT2D eigenvalue weighted by molar-refractivity contribution is -0.305. The summed E-state index contributed by atoms with van der Waals surface area (Å²) >= 11 is 0. The highest BCUT2D eigenvalue weighted by molar-refractivity contribution is 5.80. The maximum absolute atomic E-state index is 13.5. The van der Waals surface area contributed by atoms with E-state index in [1.807, 2.05) is 6.08 Å². The molecule has 1 fully saturated rings. The van der Waals surface area contributed by atoms with Crippen LogP contribution >= 0.6 is 0 Å². The van der Waals surface area contributed by atoms with Crippen molar-refractivity contribution in [2.45, 2.75) is 372 Å². The summed E-state index contributed by atoms with van der Waals surface area (Å²) in [4.78, 5) is 26.6. The minimum atomic E-state index is -1.62. The predicted molar refractivity (Wildman–Crippen MR) is 347 cm³/mol. The summed E-state index contributed by atoms with van der Waals surface area (Å²) in [5.41, 5.74) is 0. The van der Waals surface area contributed by atoms with Crippen LogP contribution in [0.25, 0.3) is 0 Å². The van der Waals surface area contributed by atoms with Gasteiger partial charge in [-0.15, -0.1) is 0 Å². The quantitative estimate of drug-likeness (QED) is 0.0195. The van der Waals surface area contributed by atoms with Crippen LogP contribution in [-0.2, 0) is 23.8 Å². The Bertz CT molecular complexity index is 1580. The molecule has 0 aromatic rings. The Labute approximate surface area is 509 Å². The van der Waals surface area contributed by atoms with Crippen LogP contribution in [0.2, 0.25) is 0 Å². The van der Waals surface area contributed by atoms with E-state index in [0.29, 0.717) is 19.3 Å². The van der Waals surface area contributed by atoms with Gasteiger partial charge in [0.15, 0.2) is 12.4 Å². The van der Waals surface area contributed by atoms with Crippen LogP contribution in [0.3, 0.4) is 0 Å². The molecule has 1 aliphatic heterocycles. The number of allylic oxidation sites excluding steroid dienone is 9. The maximum Gasteiger partial charge on any atom is 0.306 e. The first-order valence-electron chi connectivity index (χ1n) is 35.1. The summed E-state index contributed by atoms with van der Waals surface area (Å²) in [7, 11) is 0. The van der Waals surface area contributed by atoms with E-state index < -0.39 is 67.4 Å². The first kappa shape index (κ1) is 78.4. The van der Waals surface area contributed by atoms with Crippen molar-refractivity contribution in [3.8, 4) is 0 Å². The number of hydrogen-bond donors (Lipinski definition) is 6. The molecule has 11 heteroatoms. The Kier molecular flexibility index (Phi) is 56.4. The monoisotopic (exact) mass is 1170 g/mol. The van der Waals surface area contributed by atoms with Gasteiger partial charge in [0.25, 0.3) is 0 Å². The molecule has 1 heterocycles. The summed E-state index contributed by atoms with van der Waals surface area (Å²) in [6, 6.07) is -1.03. The average molecular weight is 1170 g/mol. The summed E-state index contributed by atoms with van der Waals surface area (Å²) in [5.74, 6) is -1.21. The van der Waals surface area contributed by atoms with Crippen LogP contribution in [0.15, 0.2) is 60.8 Å². The molecular formula is C72H131NO10. The highest BCUT2D eigenvalue weighted by atomic mass is 16.7. The average Bonchev–Trinajstić information content (AvgIpc) is 3.69. The van der Waals surface area contributed by atoms with Gasteiger partial charge in [-0.2, -0.15) is 0 Å². The molecule has 0 saturated carbocycles. The number of carbonyl (C=O) groups excluding carboxylic acids is 2. The molecule has 1 aliphatic rings. The standard InChI is InChI=1S/C72H131NO10/c1-4-7-10-13-16-19-22-24-26-28-29-30-31-32-33-34-35-36-38-39-41-44-47-50-53-56-59-65(76)71(80)73-63(64(75)58-55-52-49-46-43-21-18-15-12-9-6-3)62-81-72-70(69(79)68(78)66(61-74)82-72)83-67(77)60-57-54-51-48-45-42-40-37-27-25-23-20-17-14-11-8-5-2/h17,20,24-27,40,42,55,58,63-66,68-70,72,74-76,78-79H,4-16,18-19,21-23,28-39,41,43-54,56-57,59-62H2,1-3H3,(H,73,80)/b20-17-,26-24+,27-25-,42-40-,58-55+. The van der Waals surface area contributed by atoms with Crippen molar-refractivity contribution < 1.29 is 49.3 Å². The van der Waals surface area contributed by atoms with Gasteiger partial charge in [-0.25, -0.2) is 0 Å². The van der Waals surface area contributed by atoms with Gasteiger partial charge in [0, 0.05) is 6.42 Å². The number of rotatable bonds is 60. The molecule has 8 unspecified atom stereocenters. The molecule has 11 nitrogen and oxygen atoms in total. The van der Waals surface area contributed by atoms with Crippen LogP contribution in [0.4, 0.5) is 0 Å². The Morgan fingerprint density at radius 2 is 0.831 bits per heavy atom. The number of unbranched alkanes of at least 4 members (excludes halogenated alkanes) is 38. The fourth-order valence-corrected chi connectivity index (χ4v) is 10.8. The second-order valence-electron chi connectivity index (χ2n) is 24.3. The van der Waals surface area contributed by atoms with E-state index in [0.717, 1.165) is 83.5 Å². The fourth-order valence-electron chi connectivity index (χ4n) is 10.8. The Balaban J connectivity index is 2.55. The molecule has 8 atom stereocenters. The van der Waals surface area contributed by atoms with Crippen LogP contribution in [0, 0.1) is 0 Å². The van der Waals surface area contributed by atoms with Crippen molar-refractivity contribution in [3.63, 3.8) is 0 Å². The minimum Gasteiger partial charge on any atom is -0.454 e. The second-order valence-corrected chi connectivity index (χ2v) is 24.3. The number of nitrogens with one attached hydrogen (secondary N) is 1. The summed E-state index contributed by atoms with van der Waals surface area (Å²) in [5, 5.41) is 57.1. The van der Waals surface area contributed by atoms with Crippen molar-refractivity contribution in [1.29, 1.82) is 0 Å². The molecule has 1 amide bonds. The van der Waals surface area contributed by atoms with Crippen molar-refractivity contribution >= 4 is 11.9 Å². The molecule has 0 aromatic heterocycles. The first-order chi connectivity index (χ1) is 40.7. The molecule has 1 saturated heterocycles. The zero-order valence-corrected chi connectivity index (χ0v) is 53.8. The van der Waals surface area contributed by atoms with Crippen molar-refractivity contribution in [1.82, 2.24) is 5.32 Å². The van der Waals surface area contributed by atoms with E-state index in [4.69, 9.17) is 14.2 Å². The highest BCUT2D eigenvalue weighted by Crippen LogP contribution is 2.26. The molecule has 0 aliphatic carbocycles. The number of amides is 1. The Hall–Kier alpha value is -2.64. The van der Waals surface area contributed by atoms with Crippen LogP contribution in [0.1, 0.15) is 323 Å². The van der Waals surface area contributed by atoms with Crippen LogP contribution < -0.4 is 5.32 Å². The molecule has 0 radical (unpaired) electrons. The molecule has 1 rings (SSSR count). The number of aliphatic hydroxyl groups excluding tert-OH is 5. The van der Waals surface area contributed by atoms with E-state index in [-0.39, 0.29) is 13.0 Å². The van der Waals surface area contributed by atoms with Crippen molar-refractivity contribution in [2.24, 2.45) is 0 Å². The zero-order chi connectivity index (χ0) is 60.3. The number of ether oxygens (including phenoxy) is 3. The third-order valence-corrected chi connectivity index (χ3v) is 16.4. The molecule has 484 valence electrons. The normalized spacial score (nSPS) is 18.9. The van der Waals surface area contributed by atoms with E-state index >= 15 is 0 Å². The lowest BCUT2D eigenvalue weighted by Gasteiger charge is -2.41. The summed E-state index contributed by atoms with van der Waals surface area (Å²) in [6.07, 6.45) is 65.6. The van der Waals surface area contributed by atoms with Gasteiger partial charge in [-0.05, 0) is 89.9 Å². The molecule has 0 aromatic carbocycles. The number of aliphatic hydroxyl groups is 5. The molecule has 0 spiro atoms. The lowest BCUT2D eigenvalue weighted by atomic mass is 9.99. The van der Waals surface area contributed by atoms with Gasteiger partial charge >= 0.3 is 5.97 Å². The van der Waals surface area contributed by atoms with Gasteiger partial charge in [-0.1, -0.05) is 287 Å². The predicted octanol–water partition coefficient (Wildman–Crippen LogP) is 17.7. The van der Waals surface area contributed by atoms with E-state index in [2.05, 4.69) is 74.7 Å². The number of esters is 1. The van der Waals surface area contributed by atoms with Crippen molar-refractivity contribution in [3.05, 3.63) is 60.8 Å². The van der Waals surface area contributed by atoms with E-state index in [1.54, 1.807) is 6.08 Å². The Morgan fingerprint density at radius 3 is 1.28 bits per heavy atom. The SMILES string of the molecule is CCCCC/C=C\C/C=C\C/C=C\CCCCCCC(=O)OC1C(OCC(NC(=O)C(O)CCCCCCCCCCCCCCCCCC/C=C/CCCCCCCC)C(O)/C=C/CCCCCCCCCCC)OC(CO)C(O)C1O. The fraction of sp³-hybridized carbons (Fsp3) is 0.833. The minimum absolute atomic E-state index is 0.0980. The molecule has 6 N–H and O–H groups in total. The lowest BCUT2D eigenvalue weighted by Crippen LogP contribution is -2.61. The molecule has 0 bridgehead atoms. The second kappa shape index (κ2) is 59.7. The largest absolute Gasteiger partial charge is 0.454 e. The molecular weight excluding hydrogens is 1040 g/mol. The smallest absolute Gasteiger partial charge is 0.306 e. The molecule has 83 heavy (non-hydrogen) atoms. The highest BCUT2D eigenvalue weighted by Gasteiger charge is 2.47. The Morgan fingerprint density at radius 1 is 0.470 bits per heavy atom. The number of hydrogen-bond acceptors (Lipinski definition) is 10. The van der Waals surface area contributed by atoms with Crippen molar-refractivity contribution in [2.75, 3.05) is 13.2 Å². The van der Waals surface area contributed by atoms with Crippen LogP contribution in [-0.4, -0.2) is 99.6 Å². The third kappa shape index (κ3) is 47.2. The van der Waals surface area contributed by atoms with Gasteiger partial charge < -0.3 is 45.1 Å². The van der Waals surface area contributed by atoms with E-state index in [9.17, 15) is 35.1 Å².